The lowest BCUT2D eigenvalue weighted by molar-refractivity contribution is -0.131. The molecule has 2 aliphatic heterocycles. The van der Waals surface area contributed by atoms with E-state index in [0.29, 0.717) is 44.8 Å². The Kier molecular flexibility index (Phi) is 6.69. The molecular weight excluding hydrogens is 358 g/mol. The lowest BCUT2D eigenvalue weighted by Crippen LogP contribution is -2.62. The number of benzene rings is 1. The van der Waals surface area contributed by atoms with E-state index >= 15 is 0 Å². The van der Waals surface area contributed by atoms with Crippen LogP contribution >= 0.6 is 0 Å². The zero-order chi connectivity index (χ0) is 20.1. The van der Waals surface area contributed by atoms with Crippen molar-refractivity contribution < 1.29 is 19.4 Å². The lowest BCUT2D eigenvalue weighted by atomic mass is 9.86. The molecule has 1 atom stereocenters. The molecule has 1 N–H and O–H groups in total. The van der Waals surface area contributed by atoms with E-state index in [1.54, 1.807) is 31.4 Å². The summed E-state index contributed by atoms with van der Waals surface area (Å²) in [7, 11) is 3.75. The van der Waals surface area contributed by atoms with Gasteiger partial charge in [0.15, 0.2) is 0 Å². The van der Waals surface area contributed by atoms with Crippen LogP contribution < -0.4 is 0 Å². The minimum absolute atomic E-state index is 0.0174. The molecule has 3 rings (SSSR count). The maximum Gasteiger partial charge on any atom is 0.253 e. The molecule has 0 saturated carbocycles. The number of piperazine rings is 1. The zero-order valence-corrected chi connectivity index (χ0v) is 16.9. The van der Waals surface area contributed by atoms with Gasteiger partial charge >= 0.3 is 0 Å². The summed E-state index contributed by atoms with van der Waals surface area (Å²) >= 11 is 0. The second kappa shape index (κ2) is 9.03. The standard InChI is InChI=1S/C21H31N3O4/c1-22-11-12-24(20(27)18-5-3-17(15-25)4-6-18)16-21(22)8-7-19(26)23(10-9-21)13-14-28-2/h3-6,25H,7-16H2,1-2H3/t21-/m0/s1. The molecule has 0 aliphatic carbocycles. The highest BCUT2D eigenvalue weighted by atomic mass is 16.5. The van der Waals surface area contributed by atoms with Gasteiger partial charge in [-0.3, -0.25) is 14.5 Å². The molecule has 0 unspecified atom stereocenters. The molecule has 28 heavy (non-hydrogen) atoms. The fourth-order valence-electron chi connectivity index (χ4n) is 4.24. The van der Waals surface area contributed by atoms with Crippen LogP contribution in [0.25, 0.3) is 0 Å². The van der Waals surface area contributed by atoms with Gasteiger partial charge in [0.2, 0.25) is 5.91 Å². The van der Waals surface area contributed by atoms with E-state index in [1.807, 2.05) is 9.80 Å². The molecule has 0 radical (unpaired) electrons. The Bertz CT molecular complexity index is 693. The van der Waals surface area contributed by atoms with E-state index in [1.165, 1.54) is 0 Å². The van der Waals surface area contributed by atoms with Gasteiger partial charge in [-0.15, -0.1) is 0 Å². The van der Waals surface area contributed by atoms with Crippen molar-refractivity contribution in [1.29, 1.82) is 0 Å². The molecular formula is C21H31N3O4. The molecule has 2 aliphatic rings. The van der Waals surface area contributed by atoms with Crippen LogP contribution in [0.5, 0.6) is 0 Å². The number of likely N-dealkylation sites (N-methyl/N-ethyl adjacent to an activating group) is 1. The molecule has 1 spiro atoms. The molecule has 0 bridgehead atoms. The fourth-order valence-corrected chi connectivity index (χ4v) is 4.24. The van der Waals surface area contributed by atoms with Gasteiger partial charge in [0, 0.05) is 57.4 Å². The normalized spacial score (nSPS) is 23.9. The van der Waals surface area contributed by atoms with Crippen molar-refractivity contribution in [2.75, 3.05) is 53.5 Å². The van der Waals surface area contributed by atoms with Crippen LogP contribution in [0.3, 0.4) is 0 Å². The topological polar surface area (TPSA) is 73.3 Å². The minimum atomic E-state index is -0.170. The first kappa shape index (κ1) is 20.8. The maximum atomic E-state index is 13.0. The van der Waals surface area contributed by atoms with Crippen LogP contribution in [0.15, 0.2) is 24.3 Å². The van der Waals surface area contributed by atoms with E-state index in [-0.39, 0.29) is 24.0 Å². The summed E-state index contributed by atoms with van der Waals surface area (Å²) in [5.41, 5.74) is 1.27. The quantitative estimate of drug-likeness (QED) is 0.812. The summed E-state index contributed by atoms with van der Waals surface area (Å²) in [6, 6.07) is 7.14. The van der Waals surface area contributed by atoms with Gasteiger partial charge in [0.25, 0.3) is 5.91 Å². The third-order valence-corrected chi connectivity index (χ3v) is 6.24. The Morgan fingerprint density at radius 3 is 2.61 bits per heavy atom. The Morgan fingerprint density at radius 1 is 1.18 bits per heavy atom. The number of carbonyl (C=O) groups is 2. The molecule has 1 aromatic carbocycles. The molecule has 0 aromatic heterocycles. The molecule has 154 valence electrons. The highest BCUT2D eigenvalue weighted by molar-refractivity contribution is 5.94. The Labute approximate surface area is 166 Å². The van der Waals surface area contributed by atoms with Crippen molar-refractivity contribution in [2.24, 2.45) is 0 Å². The van der Waals surface area contributed by atoms with E-state index in [4.69, 9.17) is 4.74 Å². The summed E-state index contributed by atoms with van der Waals surface area (Å²) < 4.78 is 5.13. The third-order valence-electron chi connectivity index (χ3n) is 6.24. The van der Waals surface area contributed by atoms with E-state index in [9.17, 15) is 14.7 Å². The second-order valence-electron chi connectivity index (χ2n) is 7.85. The van der Waals surface area contributed by atoms with Gasteiger partial charge in [0.1, 0.15) is 0 Å². The van der Waals surface area contributed by atoms with Gasteiger partial charge in [0.05, 0.1) is 13.2 Å². The van der Waals surface area contributed by atoms with Crippen LogP contribution in [-0.2, 0) is 16.1 Å². The molecule has 2 amide bonds. The third kappa shape index (κ3) is 4.37. The van der Waals surface area contributed by atoms with Crippen molar-refractivity contribution in [3.05, 3.63) is 35.4 Å². The van der Waals surface area contributed by atoms with Crippen LogP contribution in [0, 0.1) is 0 Å². The van der Waals surface area contributed by atoms with Gasteiger partial charge in [-0.05, 0) is 37.6 Å². The Morgan fingerprint density at radius 2 is 1.93 bits per heavy atom. The first-order valence-electron chi connectivity index (χ1n) is 9.96. The van der Waals surface area contributed by atoms with Crippen molar-refractivity contribution in [3.63, 3.8) is 0 Å². The first-order chi connectivity index (χ1) is 13.5. The number of methoxy groups -OCH3 is 1. The number of aliphatic hydroxyl groups excluding tert-OH is 1. The molecule has 2 heterocycles. The minimum Gasteiger partial charge on any atom is -0.392 e. The average molecular weight is 389 g/mol. The predicted octanol–water partition coefficient (Wildman–Crippen LogP) is 0.964. The summed E-state index contributed by atoms with van der Waals surface area (Å²) in [4.78, 5) is 31.7. The highest BCUT2D eigenvalue weighted by Crippen LogP contribution is 2.32. The zero-order valence-electron chi connectivity index (χ0n) is 16.9. The van der Waals surface area contributed by atoms with Crippen molar-refractivity contribution in [1.82, 2.24) is 14.7 Å². The maximum absolute atomic E-state index is 13.0. The Hall–Kier alpha value is -1.96. The van der Waals surface area contributed by atoms with E-state index < -0.39 is 0 Å². The van der Waals surface area contributed by atoms with Crippen LogP contribution in [0.2, 0.25) is 0 Å². The molecule has 2 fully saturated rings. The molecule has 1 aromatic rings. The summed E-state index contributed by atoms with van der Waals surface area (Å²) in [5.74, 6) is 0.189. The SMILES string of the molecule is COCCN1CC[C@@]2(CCC1=O)CN(C(=O)c1ccc(CO)cc1)CCN2C. The first-order valence-corrected chi connectivity index (χ1v) is 9.96. The summed E-state index contributed by atoms with van der Waals surface area (Å²) in [6.45, 7) is 3.94. The largest absolute Gasteiger partial charge is 0.392 e. The predicted molar refractivity (Wildman–Crippen MR) is 106 cm³/mol. The van der Waals surface area contributed by atoms with Crippen LogP contribution in [0.1, 0.15) is 35.2 Å². The van der Waals surface area contributed by atoms with Crippen LogP contribution in [-0.4, -0.2) is 90.6 Å². The molecule has 7 heteroatoms. The number of likely N-dealkylation sites (tertiary alicyclic amines) is 1. The number of amides is 2. The number of hydrogen-bond donors (Lipinski definition) is 1. The summed E-state index contributed by atoms with van der Waals surface area (Å²) in [6.07, 6.45) is 2.12. The van der Waals surface area contributed by atoms with Crippen molar-refractivity contribution in [2.45, 2.75) is 31.4 Å². The van der Waals surface area contributed by atoms with Crippen molar-refractivity contribution >= 4 is 11.8 Å². The van der Waals surface area contributed by atoms with Crippen molar-refractivity contribution in [3.8, 4) is 0 Å². The summed E-state index contributed by atoms with van der Waals surface area (Å²) in [5, 5.41) is 9.19. The highest BCUT2D eigenvalue weighted by Gasteiger charge is 2.43. The fraction of sp³-hybridized carbons (Fsp3) is 0.619. The average Bonchev–Trinajstić information content (AvgIpc) is 2.88. The number of carbonyl (C=O) groups excluding carboxylic acids is 2. The van der Waals surface area contributed by atoms with Gasteiger partial charge < -0.3 is 19.6 Å². The van der Waals surface area contributed by atoms with Gasteiger partial charge in [-0.2, -0.15) is 0 Å². The van der Waals surface area contributed by atoms with E-state index in [0.717, 1.165) is 24.9 Å². The molecule has 2 saturated heterocycles. The number of nitrogens with zero attached hydrogens (tertiary/aromatic N) is 3. The van der Waals surface area contributed by atoms with Crippen LogP contribution in [0.4, 0.5) is 0 Å². The number of rotatable bonds is 5. The van der Waals surface area contributed by atoms with E-state index in [2.05, 4.69) is 11.9 Å². The lowest BCUT2D eigenvalue weighted by Gasteiger charge is -2.49. The number of hydrogen-bond acceptors (Lipinski definition) is 5. The van der Waals surface area contributed by atoms with Gasteiger partial charge in [-0.25, -0.2) is 0 Å². The second-order valence-corrected chi connectivity index (χ2v) is 7.85. The number of aliphatic hydroxyl groups is 1. The monoisotopic (exact) mass is 389 g/mol. The Balaban J connectivity index is 1.72. The smallest absolute Gasteiger partial charge is 0.253 e. The number of ether oxygens (including phenoxy) is 1. The van der Waals surface area contributed by atoms with Gasteiger partial charge in [-0.1, -0.05) is 12.1 Å². The molecule has 7 nitrogen and oxygen atoms in total.